The minimum absolute atomic E-state index is 0.0926. The van der Waals surface area contributed by atoms with Crippen LogP contribution in [0.25, 0.3) is 10.8 Å². The highest BCUT2D eigenvalue weighted by Crippen LogP contribution is 2.37. The van der Waals surface area contributed by atoms with Gasteiger partial charge in [0.15, 0.2) is 0 Å². The predicted molar refractivity (Wildman–Crippen MR) is 78.9 cm³/mol. The first-order valence-electron chi connectivity index (χ1n) is 6.60. The number of unbranched alkanes of at least 4 members (excludes halogenated alkanes) is 2. The predicted octanol–water partition coefficient (Wildman–Crippen LogP) is 3.89. The van der Waals surface area contributed by atoms with E-state index in [0.29, 0.717) is 28.3 Å². The molecule has 1 aromatic heterocycles. The number of methoxy groups -OCH3 is 1. The molecule has 0 aliphatic heterocycles. The van der Waals surface area contributed by atoms with Crippen LogP contribution in [-0.2, 0) is 6.42 Å². The molecule has 0 amide bonds. The number of phenols is 1. The molecule has 0 saturated carbocycles. The fourth-order valence-electron chi connectivity index (χ4n) is 2.17. The van der Waals surface area contributed by atoms with Gasteiger partial charge in [0.25, 0.3) is 0 Å². The Labute approximate surface area is 121 Å². The number of phenolic OH excluding ortho intramolecular Hbond substituents is 1. The van der Waals surface area contributed by atoms with Gasteiger partial charge in [0.1, 0.15) is 22.6 Å². The summed E-state index contributed by atoms with van der Waals surface area (Å²) >= 11 is 6.20. The van der Waals surface area contributed by atoms with Crippen molar-refractivity contribution in [3.05, 3.63) is 33.3 Å². The molecule has 0 spiro atoms. The summed E-state index contributed by atoms with van der Waals surface area (Å²) in [5.74, 6) is 0.724. The molecule has 5 heteroatoms. The van der Waals surface area contributed by atoms with Crippen LogP contribution < -0.4 is 10.4 Å². The lowest BCUT2D eigenvalue weighted by molar-refractivity contribution is 0.408. The van der Waals surface area contributed by atoms with Gasteiger partial charge >= 0.3 is 5.63 Å². The summed E-state index contributed by atoms with van der Waals surface area (Å²) in [6, 6.07) is 3.02. The fraction of sp³-hybridized carbons (Fsp3) is 0.400. The Balaban J connectivity index is 2.57. The molecule has 1 heterocycles. The SMILES string of the molecule is CCCCCc1cc2c(Cl)c(OC)cc(O)c2c(=O)o1. The van der Waals surface area contributed by atoms with Crippen molar-refractivity contribution >= 4 is 22.4 Å². The summed E-state index contributed by atoms with van der Waals surface area (Å²) in [4.78, 5) is 12.0. The van der Waals surface area contributed by atoms with Crippen molar-refractivity contribution in [2.24, 2.45) is 0 Å². The summed E-state index contributed by atoms with van der Waals surface area (Å²) in [6.45, 7) is 2.11. The number of fused-ring (bicyclic) bond motifs is 1. The molecule has 20 heavy (non-hydrogen) atoms. The van der Waals surface area contributed by atoms with Crippen LogP contribution >= 0.6 is 11.6 Å². The number of aryl methyl sites for hydroxylation is 1. The fourth-order valence-corrected chi connectivity index (χ4v) is 2.45. The van der Waals surface area contributed by atoms with E-state index < -0.39 is 5.63 Å². The van der Waals surface area contributed by atoms with Gasteiger partial charge in [-0.3, -0.25) is 0 Å². The average Bonchev–Trinajstić information content (AvgIpc) is 2.42. The number of hydrogen-bond donors (Lipinski definition) is 1. The van der Waals surface area contributed by atoms with Gasteiger partial charge in [0.2, 0.25) is 0 Å². The summed E-state index contributed by atoms with van der Waals surface area (Å²) in [5.41, 5.74) is -0.573. The molecular formula is C15H17ClO4. The Kier molecular flexibility index (Phi) is 4.55. The van der Waals surface area contributed by atoms with Crippen LogP contribution in [0.5, 0.6) is 11.5 Å². The van der Waals surface area contributed by atoms with Crippen LogP contribution in [-0.4, -0.2) is 12.2 Å². The van der Waals surface area contributed by atoms with Gasteiger partial charge in [-0.05, 0) is 12.5 Å². The molecule has 2 aromatic rings. The van der Waals surface area contributed by atoms with Crippen LogP contribution in [0, 0.1) is 0 Å². The molecule has 0 saturated heterocycles. The van der Waals surface area contributed by atoms with Crippen LogP contribution in [0.3, 0.4) is 0 Å². The smallest absolute Gasteiger partial charge is 0.347 e. The normalized spacial score (nSPS) is 10.9. The highest BCUT2D eigenvalue weighted by Gasteiger charge is 2.16. The highest BCUT2D eigenvalue weighted by molar-refractivity contribution is 6.37. The third kappa shape index (κ3) is 2.75. The zero-order chi connectivity index (χ0) is 14.7. The van der Waals surface area contributed by atoms with Crippen LogP contribution in [0.15, 0.2) is 21.3 Å². The first-order valence-corrected chi connectivity index (χ1v) is 6.98. The van der Waals surface area contributed by atoms with Crippen LogP contribution in [0.1, 0.15) is 31.9 Å². The van der Waals surface area contributed by atoms with Gasteiger partial charge in [-0.15, -0.1) is 0 Å². The summed E-state index contributed by atoms with van der Waals surface area (Å²) in [7, 11) is 1.46. The van der Waals surface area contributed by atoms with Crippen molar-refractivity contribution < 1.29 is 14.3 Å². The largest absolute Gasteiger partial charge is 0.507 e. The van der Waals surface area contributed by atoms with Crippen LogP contribution in [0.2, 0.25) is 5.02 Å². The van der Waals surface area contributed by atoms with E-state index in [2.05, 4.69) is 6.92 Å². The summed E-state index contributed by atoms with van der Waals surface area (Å²) in [6.07, 6.45) is 3.78. The van der Waals surface area contributed by atoms with Gasteiger partial charge in [0, 0.05) is 17.9 Å². The topological polar surface area (TPSA) is 59.7 Å². The van der Waals surface area contributed by atoms with Gasteiger partial charge in [-0.25, -0.2) is 4.79 Å². The summed E-state index contributed by atoms with van der Waals surface area (Å²) < 4.78 is 10.3. The van der Waals surface area contributed by atoms with E-state index in [1.807, 2.05) is 0 Å². The lowest BCUT2D eigenvalue weighted by atomic mass is 10.1. The molecule has 108 valence electrons. The first-order chi connectivity index (χ1) is 9.58. The Bertz CT molecular complexity index is 676. The van der Waals surface area contributed by atoms with E-state index >= 15 is 0 Å². The summed E-state index contributed by atoms with van der Waals surface area (Å²) in [5, 5.41) is 10.8. The maximum Gasteiger partial charge on any atom is 0.347 e. The zero-order valence-corrected chi connectivity index (χ0v) is 12.3. The third-order valence-electron chi connectivity index (χ3n) is 3.23. The Morgan fingerprint density at radius 2 is 2.10 bits per heavy atom. The van der Waals surface area contributed by atoms with Crippen LogP contribution in [0.4, 0.5) is 0 Å². The third-order valence-corrected chi connectivity index (χ3v) is 3.62. The van der Waals surface area contributed by atoms with Gasteiger partial charge in [-0.2, -0.15) is 0 Å². The number of aromatic hydroxyl groups is 1. The van der Waals surface area contributed by atoms with Crippen molar-refractivity contribution in [3.8, 4) is 11.5 Å². The minimum atomic E-state index is -0.573. The van der Waals surface area contributed by atoms with Gasteiger partial charge in [0.05, 0.1) is 12.1 Å². The second kappa shape index (κ2) is 6.18. The number of benzene rings is 1. The van der Waals surface area contributed by atoms with E-state index in [1.54, 1.807) is 6.07 Å². The van der Waals surface area contributed by atoms with Crippen molar-refractivity contribution in [2.45, 2.75) is 32.6 Å². The molecule has 0 bridgehead atoms. The standard InChI is InChI=1S/C15H17ClO4/c1-3-4-5-6-9-7-10-13(15(18)20-9)11(17)8-12(19-2)14(10)16/h7-8,17H,3-6H2,1-2H3. The lowest BCUT2D eigenvalue weighted by Crippen LogP contribution is -2.03. The monoisotopic (exact) mass is 296 g/mol. The minimum Gasteiger partial charge on any atom is -0.507 e. The molecule has 4 nitrogen and oxygen atoms in total. The molecule has 1 N–H and O–H groups in total. The molecule has 2 rings (SSSR count). The van der Waals surface area contributed by atoms with Gasteiger partial charge < -0.3 is 14.3 Å². The molecule has 1 aromatic carbocycles. The van der Waals surface area contributed by atoms with E-state index in [9.17, 15) is 9.90 Å². The Hall–Kier alpha value is -1.68. The van der Waals surface area contributed by atoms with E-state index in [-0.39, 0.29) is 11.1 Å². The maximum absolute atomic E-state index is 12.0. The molecule has 0 atom stereocenters. The molecule has 0 fully saturated rings. The Morgan fingerprint density at radius 1 is 1.35 bits per heavy atom. The number of rotatable bonds is 5. The number of ether oxygens (including phenoxy) is 1. The van der Waals surface area contributed by atoms with Crippen molar-refractivity contribution in [3.63, 3.8) is 0 Å². The highest BCUT2D eigenvalue weighted by atomic mass is 35.5. The van der Waals surface area contributed by atoms with Crippen molar-refractivity contribution in [1.82, 2.24) is 0 Å². The molecule has 0 aliphatic carbocycles. The van der Waals surface area contributed by atoms with Gasteiger partial charge in [-0.1, -0.05) is 31.4 Å². The second-order valence-electron chi connectivity index (χ2n) is 4.66. The van der Waals surface area contributed by atoms with Crippen molar-refractivity contribution in [1.29, 1.82) is 0 Å². The Morgan fingerprint density at radius 3 is 2.75 bits per heavy atom. The molecular weight excluding hydrogens is 280 g/mol. The zero-order valence-electron chi connectivity index (χ0n) is 11.5. The quantitative estimate of drug-likeness (QED) is 0.850. The average molecular weight is 297 g/mol. The molecule has 0 radical (unpaired) electrons. The van der Waals surface area contributed by atoms with Crippen molar-refractivity contribution in [2.75, 3.05) is 7.11 Å². The molecule has 0 unspecified atom stereocenters. The van der Waals surface area contributed by atoms with E-state index in [1.165, 1.54) is 13.2 Å². The number of hydrogen-bond acceptors (Lipinski definition) is 4. The second-order valence-corrected chi connectivity index (χ2v) is 5.04. The number of halogens is 1. The maximum atomic E-state index is 12.0. The lowest BCUT2D eigenvalue weighted by Gasteiger charge is -2.09. The van der Waals surface area contributed by atoms with E-state index in [0.717, 1.165) is 19.3 Å². The molecule has 0 aliphatic rings. The first kappa shape index (κ1) is 14.7. The van der Waals surface area contributed by atoms with E-state index in [4.69, 9.17) is 20.8 Å².